The van der Waals surface area contributed by atoms with Gasteiger partial charge in [-0.2, -0.15) is 0 Å². The van der Waals surface area contributed by atoms with Crippen LogP contribution < -0.4 is 5.32 Å². The van der Waals surface area contributed by atoms with Crippen LogP contribution in [0.5, 0.6) is 0 Å². The molecular formula is C31H52ClF2N3O4S2. The number of nitrogens with zero attached hydrogens (tertiary/aromatic N) is 2. The van der Waals surface area contributed by atoms with Crippen LogP contribution in [0.25, 0.3) is 0 Å². The molecule has 0 aliphatic carbocycles. The zero-order valence-electron chi connectivity index (χ0n) is 27.8. The maximum absolute atomic E-state index is 14.7. The number of ether oxygens (including phenoxy) is 1. The van der Waals surface area contributed by atoms with Gasteiger partial charge in [-0.1, -0.05) is 53.7 Å². The van der Waals surface area contributed by atoms with E-state index in [1.165, 1.54) is 13.1 Å². The molecule has 1 saturated heterocycles. The minimum absolute atomic E-state index is 0.00232. The minimum Gasteiger partial charge on any atom is -0.346 e. The van der Waals surface area contributed by atoms with Gasteiger partial charge in [-0.05, 0) is 59.8 Å². The van der Waals surface area contributed by atoms with E-state index in [1.54, 1.807) is 24.3 Å². The van der Waals surface area contributed by atoms with Crippen molar-refractivity contribution in [3.05, 3.63) is 47.7 Å². The predicted molar refractivity (Wildman–Crippen MR) is 182 cm³/mol. The van der Waals surface area contributed by atoms with Crippen LogP contribution in [-0.2, 0) is 19.6 Å². The Balaban J connectivity index is 0.00000101. The zero-order valence-corrected chi connectivity index (χ0v) is 30.2. The van der Waals surface area contributed by atoms with Gasteiger partial charge in [-0.15, -0.1) is 21.9 Å². The minimum atomic E-state index is -3.28. The average molecular weight is 668 g/mol. The van der Waals surface area contributed by atoms with Crippen molar-refractivity contribution in [3.63, 3.8) is 0 Å². The summed E-state index contributed by atoms with van der Waals surface area (Å²) in [6.07, 6.45) is 10.4. The number of hydrogen-bond acceptors (Lipinski definition) is 5. The lowest BCUT2D eigenvalue weighted by Crippen LogP contribution is -2.42. The summed E-state index contributed by atoms with van der Waals surface area (Å²) >= 11 is 5.76. The largest absolute Gasteiger partial charge is 0.346 e. The highest BCUT2D eigenvalue weighted by Crippen LogP contribution is 2.54. The van der Waals surface area contributed by atoms with Crippen LogP contribution in [-0.4, -0.2) is 95.7 Å². The van der Waals surface area contributed by atoms with Gasteiger partial charge in [0.15, 0.2) is 0 Å². The first kappa shape index (κ1) is 39.4. The summed E-state index contributed by atoms with van der Waals surface area (Å²) < 4.78 is 41.4. The van der Waals surface area contributed by atoms with E-state index < -0.39 is 40.9 Å². The Labute approximate surface area is 266 Å². The Morgan fingerprint density at radius 3 is 2.07 bits per heavy atom. The number of nitrogens with one attached hydrogen (secondary N) is 1. The molecule has 0 bridgehead atoms. The molecule has 1 heterocycles. The number of aliphatic imine (C=N–C) groups is 1. The fourth-order valence-corrected chi connectivity index (χ4v) is 4.00. The molecule has 7 nitrogen and oxygen atoms in total. The monoisotopic (exact) mass is 667 g/mol. The van der Waals surface area contributed by atoms with Crippen molar-refractivity contribution < 1.29 is 27.3 Å². The maximum atomic E-state index is 14.7. The second kappa shape index (κ2) is 15.6. The SMILES string of the molecule is CC(C)(C)S(C)(C)C.CN=C(/C=C\N(C=O)C1OC(COS(C)(C)C(C)(C)C)CC1(F)F)NC(=O)c1ccc(CCl)cc1. The molecule has 0 saturated carbocycles. The molecule has 2 atom stereocenters. The highest BCUT2D eigenvalue weighted by Gasteiger charge is 2.53. The van der Waals surface area contributed by atoms with E-state index >= 15 is 0 Å². The maximum Gasteiger partial charge on any atom is 0.294 e. The number of carbonyl (C=O) groups excluding carboxylic acids is 2. The van der Waals surface area contributed by atoms with Crippen LogP contribution in [0.4, 0.5) is 8.78 Å². The predicted octanol–water partition coefficient (Wildman–Crippen LogP) is 7.18. The summed E-state index contributed by atoms with van der Waals surface area (Å²) in [7, 11) is -0.428. The average Bonchev–Trinajstić information content (AvgIpc) is 3.19. The van der Waals surface area contributed by atoms with Gasteiger partial charge >= 0.3 is 0 Å². The Kier molecular flexibility index (Phi) is 14.2. The van der Waals surface area contributed by atoms with Gasteiger partial charge in [0.05, 0.1) is 12.7 Å². The van der Waals surface area contributed by atoms with Crippen LogP contribution in [0, 0.1) is 0 Å². The van der Waals surface area contributed by atoms with Crippen LogP contribution in [0.2, 0.25) is 0 Å². The van der Waals surface area contributed by atoms with Gasteiger partial charge in [0.25, 0.3) is 11.8 Å². The third kappa shape index (κ3) is 12.0. The molecule has 1 aromatic rings. The lowest BCUT2D eigenvalue weighted by molar-refractivity contribution is -0.154. The molecule has 1 aliphatic heterocycles. The Hall–Kier alpha value is -1.66. The van der Waals surface area contributed by atoms with Crippen LogP contribution in [0.1, 0.15) is 63.9 Å². The van der Waals surface area contributed by atoms with Gasteiger partial charge in [0, 0.05) is 35.9 Å². The molecule has 1 fully saturated rings. The van der Waals surface area contributed by atoms with Crippen molar-refractivity contribution in [1.29, 1.82) is 0 Å². The van der Waals surface area contributed by atoms with E-state index in [9.17, 15) is 18.4 Å². The summed E-state index contributed by atoms with van der Waals surface area (Å²) in [6.45, 7) is 13.0. The van der Waals surface area contributed by atoms with Crippen LogP contribution in [0.15, 0.2) is 41.5 Å². The molecule has 2 unspecified atom stereocenters. The van der Waals surface area contributed by atoms with E-state index in [4.69, 9.17) is 20.5 Å². The Morgan fingerprint density at radius 2 is 1.65 bits per heavy atom. The molecule has 12 heteroatoms. The molecule has 0 spiro atoms. The Morgan fingerprint density at radius 1 is 1.12 bits per heavy atom. The number of carbonyl (C=O) groups is 2. The molecule has 1 N–H and O–H groups in total. The first-order chi connectivity index (χ1) is 19.5. The van der Waals surface area contributed by atoms with E-state index in [-0.39, 0.29) is 33.6 Å². The van der Waals surface area contributed by atoms with Crippen LogP contribution >= 0.6 is 31.9 Å². The van der Waals surface area contributed by atoms with E-state index in [1.807, 2.05) is 33.3 Å². The van der Waals surface area contributed by atoms with Crippen molar-refractivity contribution in [2.45, 2.75) is 81.6 Å². The topological polar surface area (TPSA) is 80.2 Å². The first-order valence-corrected chi connectivity index (χ1v) is 19.7. The molecule has 2 rings (SSSR count). The number of rotatable bonds is 9. The summed E-state index contributed by atoms with van der Waals surface area (Å²) in [5, 5.41) is 2.57. The zero-order chi connectivity index (χ0) is 33.4. The quantitative estimate of drug-likeness (QED) is 0.131. The van der Waals surface area contributed by atoms with Crippen LogP contribution in [0.3, 0.4) is 0 Å². The fourth-order valence-electron chi connectivity index (χ4n) is 2.97. The van der Waals surface area contributed by atoms with Gasteiger partial charge in [0.1, 0.15) is 5.84 Å². The van der Waals surface area contributed by atoms with Crippen molar-refractivity contribution in [2.75, 3.05) is 44.9 Å². The molecule has 43 heavy (non-hydrogen) atoms. The van der Waals surface area contributed by atoms with E-state index in [0.717, 1.165) is 16.7 Å². The standard InChI is InChI=1S/C24H34ClF2N3O4S.C7H18S/c1-23(2,3)35(5,6)33-15-19-13-24(26,27)22(34-19)30(16-31)12-11-20(28-4)29-21(32)18-9-7-17(14-25)8-10-18;1-7(2,3)8(4,5)6/h7-12,16,19,22H,13-15H2,1-6H3,(H,28,29,32);1-6H3/b12-11-;. The summed E-state index contributed by atoms with van der Waals surface area (Å²) in [4.78, 5) is 28.8. The number of alkyl halides is 3. The highest BCUT2D eigenvalue weighted by molar-refractivity contribution is 8.33. The second-order valence-electron chi connectivity index (χ2n) is 13.4. The lowest BCUT2D eigenvalue weighted by Gasteiger charge is -2.44. The summed E-state index contributed by atoms with van der Waals surface area (Å²) in [5.41, 5.74) is 1.23. The summed E-state index contributed by atoms with van der Waals surface area (Å²) in [5.74, 6) is -3.32. The molecule has 1 aromatic carbocycles. The summed E-state index contributed by atoms with van der Waals surface area (Å²) in [6, 6.07) is 6.66. The van der Waals surface area contributed by atoms with Gasteiger partial charge < -0.3 is 14.2 Å². The molecular weight excluding hydrogens is 616 g/mol. The molecule has 2 amide bonds. The van der Waals surface area contributed by atoms with Gasteiger partial charge in [-0.25, -0.2) is 18.8 Å². The fraction of sp³-hybridized carbons (Fsp3) is 0.645. The molecule has 0 radical (unpaired) electrons. The number of halogens is 3. The van der Waals surface area contributed by atoms with Crippen molar-refractivity contribution in [3.8, 4) is 0 Å². The van der Waals surface area contributed by atoms with Crippen molar-refractivity contribution in [1.82, 2.24) is 10.2 Å². The van der Waals surface area contributed by atoms with Gasteiger partial charge in [-0.3, -0.25) is 19.5 Å². The van der Waals surface area contributed by atoms with Crippen molar-refractivity contribution in [2.24, 2.45) is 4.99 Å². The highest BCUT2D eigenvalue weighted by atomic mass is 35.5. The number of amides is 2. The van der Waals surface area contributed by atoms with E-state index in [0.29, 0.717) is 16.2 Å². The molecule has 248 valence electrons. The third-order valence-electron chi connectivity index (χ3n) is 7.69. The molecule has 1 aliphatic rings. The number of amidine groups is 1. The van der Waals surface area contributed by atoms with E-state index in [2.05, 4.69) is 49.8 Å². The lowest BCUT2D eigenvalue weighted by atomic mass is 10.1. The number of benzene rings is 1. The first-order valence-electron chi connectivity index (χ1n) is 13.9. The molecule has 0 aromatic heterocycles. The second-order valence-corrected chi connectivity index (χ2v) is 22.5. The third-order valence-corrected chi connectivity index (χ3v) is 15.4. The Bertz CT molecular complexity index is 1110. The van der Waals surface area contributed by atoms with Crippen molar-refractivity contribution >= 4 is 50.1 Å². The number of hydrogen-bond donors (Lipinski definition) is 1. The van der Waals surface area contributed by atoms with Gasteiger partial charge in [0.2, 0.25) is 12.6 Å². The normalized spacial score (nSPS) is 20.3. The smallest absolute Gasteiger partial charge is 0.294 e.